The number of hydrogen-bond acceptors (Lipinski definition) is 8. The molecule has 1 amide bonds. The molecule has 1 aliphatic heterocycles. The summed E-state index contributed by atoms with van der Waals surface area (Å²) in [6.45, 7) is 4.18. The van der Waals surface area contributed by atoms with Gasteiger partial charge in [0.05, 0.1) is 11.9 Å². The number of amides is 1. The van der Waals surface area contributed by atoms with E-state index in [0.29, 0.717) is 18.7 Å². The molecule has 1 atom stereocenters. The van der Waals surface area contributed by atoms with E-state index in [1.54, 1.807) is 12.1 Å². The molecule has 1 fully saturated rings. The molecule has 1 saturated heterocycles. The lowest BCUT2D eigenvalue weighted by molar-refractivity contribution is -0.274. The molecule has 0 radical (unpaired) electrons. The van der Waals surface area contributed by atoms with E-state index in [1.807, 2.05) is 0 Å². The van der Waals surface area contributed by atoms with Gasteiger partial charge in [-0.05, 0) is 30.7 Å². The molecule has 3 aromatic rings. The Morgan fingerprint density at radius 2 is 2.10 bits per heavy atom. The standard InChI is InChI=1S/C19H15F3N6O3/c1-2-18(7-9-24-16(18)29)17-28-27-15(30-17)14-12(4-3-8-23-14)26-13-6-5-11(10-25-13)31-19(20,21)22/h2-6,8,10H,1,7,9H2,(H,24,29)(H,25,26). The third-order valence-electron chi connectivity index (χ3n) is 4.61. The summed E-state index contributed by atoms with van der Waals surface area (Å²) < 4.78 is 46.4. The molecule has 31 heavy (non-hydrogen) atoms. The van der Waals surface area contributed by atoms with Gasteiger partial charge in [-0.1, -0.05) is 6.08 Å². The molecule has 0 aromatic carbocycles. The van der Waals surface area contributed by atoms with E-state index in [2.05, 4.69) is 42.1 Å². The maximum atomic E-state index is 12.3. The maximum Gasteiger partial charge on any atom is 0.573 e. The summed E-state index contributed by atoms with van der Waals surface area (Å²) in [5.41, 5.74) is -0.418. The van der Waals surface area contributed by atoms with E-state index in [-0.39, 0.29) is 29.2 Å². The highest BCUT2D eigenvalue weighted by Crippen LogP contribution is 2.35. The highest BCUT2D eigenvalue weighted by molar-refractivity contribution is 5.91. The van der Waals surface area contributed by atoms with Crippen LogP contribution in [0, 0.1) is 0 Å². The third-order valence-corrected chi connectivity index (χ3v) is 4.61. The number of aromatic nitrogens is 4. The summed E-state index contributed by atoms with van der Waals surface area (Å²) in [5.74, 6) is -0.342. The summed E-state index contributed by atoms with van der Waals surface area (Å²) in [7, 11) is 0. The molecular formula is C19H15F3N6O3. The van der Waals surface area contributed by atoms with Crippen molar-refractivity contribution in [1.29, 1.82) is 0 Å². The van der Waals surface area contributed by atoms with Crippen molar-refractivity contribution >= 4 is 17.4 Å². The lowest BCUT2D eigenvalue weighted by Gasteiger charge is -2.15. The molecule has 0 bridgehead atoms. The second-order valence-corrected chi connectivity index (χ2v) is 6.55. The Balaban J connectivity index is 1.59. The van der Waals surface area contributed by atoms with Gasteiger partial charge < -0.3 is 19.8 Å². The lowest BCUT2D eigenvalue weighted by atomic mass is 9.86. The Morgan fingerprint density at radius 1 is 1.26 bits per heavy atom. The number of anilines is 2. The predicted molar refractivity (Wildman–Crippen MR) is 101 cm³/mol. The van der Waals surface area contributed by atoms with Crippen molar-refractivity contribution in [3.63, 3.8) is 0 Å². The Labute approximate surface area is 173 Å². The number of carbonyl (C=O) groups is 1. The van der Waals surface area contributed by atoms with Crippen molar-refractivity contribution in [1.82, 2.24) is 25.5 Å². The lowest BCUT2D eigenvalue weighted by Crippen LogP contribution is -2.33. The molecular weight excluding hydrogens is 417 g/mol. The van der Waals surface area contributed by atoms with Crippen LogP contribution < -0.4 is 15.4 Å². The van der Waals surface area contributed by atoms with Crippen LogP contribution in [0.4, 0.5) is 24.7 Å². The van der Waals surface area contributed by atoms with Crippen LogP contribution >= 0.6 is 0 Å². The zero-order chi connectivity index (χ0) is 22.1. The first kappa shape index (κ1) is 20.3. The van der Waals surface area contributed by atoms with Gasteiger partial charge in [0.15, 0.2) is 5.69 Å². The molecule has 160 valence electrons. The number of nitrogens with zero attached hydrogens (tertiary/aromatic N) is 4. The molecule has 3 aromatic heterocycles. The van der Waals surface area contributed by atoms with Gasteiger partial charge in [-0.25, -0.2) is 9.97 Å². The fourth-order valence-corrected chi connectivity index (χ4v) is 3.09. The summed E-state index contributed by atoms with van der Waals surface area (Å²) in [4.78, 5) is 20.4. The summed E-state index contributed by atoms with van der Waals surface area (Å²) in [6, 6.07) is 5.72. The number of halogens is 3. The van der Waals surface area contributed by atoms with Gasteiger partial charge in [0.2, 0.25) is 11.8 Å². The SMILES string of the molecule is C=CC1(c2nnc(-c3ncccc3Nc3ccc(OC(F)(F)F)cn3)o2)CCNC1=O. The number of alkyl halides is 3. The first-order chi connectivity index (χ1) is 14.8. The maximum absolute atomic E-state index is 12.3. The monoisotopic (exact) mass is 432 g/mol. The molecule has 0 spiro atoms. The first-order valence-electron chi connectivity index (χ1n) is 9.01. The second kappa shape index (κ2) is 7.70. The van der Waals surface area contributed by atoms with Crippen molar-refractivity contribution in [3.05, 3.63) is 55.2 Å². The minimum Gasteiger partial charge on any atom is -0.418 e. The van der Waals surface area contributed by atoms with Crippen molar-refractivity contribution in [2.45, 2.75) is 18.2 Å². The summed E-state index contributed by atoms with van der Waals surface area (Å²) in [5, 5.41) is 13.7. The predicted octanol–water partition coefficient (Wildman–Crippen LogP) is 3.11. The first-order valence-corrected chi connectivity index (χ1v) is 9.01. The molecule has 0 saturated carbocycles. The molecule has 0 aliphatic carbocycles. The van der Waals surface area contributed by atoms with Gasteiger partial charge in [0, 0.05) is 12.7 Å². The molecule has 1 unspecified atom stereocenters. The van der Waals surface area contributed by atoms with Crippen LogP contribution in [-0.4, -0.2) is 39.0 Å². The van der Waals surface area contributed by atoms with E-state index >= 15 is 0 Å². The number of hydrogen-bond donors (Lipinski definition) is 2. The van der Waals surface area contributed by atoms with Crippen LogP contribution in [-0.2, 0) is 10.2 Å². The van der Waals surface area contributed by atoms with Gasteiger partial charge in [-0.15, -0.1) is 29.9 Å². The number of ether oxygens (including phenoxy) is 1. The second-order valence-electron chi connectivity index (χ2n) is 6.55. The zero-order valence-electron chi connectivity index (χ0n) is 15.8. The molecule has 2 N–H and O–H groups in total. The van der Waals surface area contributed by atoms with Crippen molar-refractivity contribution in [2.75, 3.05) is 11.9 Å². The zero-order valence-corrected chi connectivity index (χ0v) is 15.8. The number of pyridine rings is 2. The van der Waals surface area contributed by atoms with Crippen molar-refractivity contribution < 1.29 is 27.1 Å². The fraction of sp³-hybridized carbons (Fsp3) is 0.211. The third kappa shape index (κ3) is 4.04. The van der Waals surface area contributed by atoms with Gasteiger partial charge in [0.25, 0.3) is 5.89 Å². The fourth-order valence-electron chi connectivity index (χ4n) is 3.09. The number of carbonyl (C=O) groups excluding carboxylic acids is 1. The van der Waals surface area contributed by atoms with Crippen LogP contribution in [0.25, 0.3) is 11.6 Å². The highest BCUT2D eigenvalue weighted by atomic mass is 19.4. The average Bonchev–Trinajstić information content (AvgIpc) is 3.36. The van der Waals surface area contributed by atoms with Gasteiger partial charge in [-0.3, -0.25) is 4.79 Å². The van der Waals surface area contributed by atoms with E-state index in [1.165, 1.54) is 18.3 Å². The quantitative estimate of drug-likeness (QED) is 0.571. The Morgan fingerprint density at radius 3 is 2.74 bits per heavy atom. The van der Waals surface area contributed by atoms with Crippen LogP contribution in [0.2, 0.25) is 0 Å². The van der Waals surface area contributed by atoms with E-state index in [9.17, 15) is 18.0 Å². The molecule has 4 rings (SSSR count). The summed E-state index contributed by atoms with van der Waals surface area (Å²) >= 11 is 0. The van der Waals surface area contributed by atoms with Crippen molar-refractivity contribution in [2.24, 2.45) is 0 Å². The van der Waals surface area contributed by atoms with Gasteiger partial charge in [-0.2, -0.15) is 0 Å². The normalized spacial score (nSPS) is 18.5. The van der Waals surface area contributed by atoms with Gasteiger partial charge >= 0.3 is 6.36 Å². The van der Waals surface area contributed by atoms with Crippen LogP contribution in [0.3, 0.4) is 0 Å². The number of nitrogens with one attached hydrogen (secondary N) is 2. The molecule has 9 nitrogen and oxygen atoms in total. The Bertz CT molecular complexity index is 1120. The topological polar surface area (TPSA) is 115 Å². The van der Waals surface area contributed by atoms with Crippen molar-refractivity contribution in [3.8, 4) is 17.3 Å². The molecule has 1 aliphatic rings. The van der Waals surface area contributed by atoms with E-state index < -0.39 is 17.5 Å². The Hall–Kier alpha value is -3.96. The highest BCUT2D eigenvalue weighted by Gasteiger charge is 2.46. The average molecular weight is 432 g/mol. The van der Waals surface area contributed by atoms with Gasteiger partial charge in [0.1, 0.15) is 17.0 Å². The minimum atomic E-state index is -4.80. The minimum absolute atomic E-state index is 0.0519. The van der Waals surface area contributed by atoms with Crippen LogP contribution in [0.1, 0.15) is 12.3 Å². The van der Waals surface area contributed by atoms with E-state index in [4.69, 9.17) is 4.42 Å². The smallest absolute Gasteiger partial charge is 0.418 e. The summed E-state index contributed by atoms with van der Waals surface area (Å²) in [6.07, 6.45) is -0.464. The molecule has 4 heterocycles. The Kier molecular flexibility index (Phi) is 5.05. The largest absolute Gasteiger partial charge is 0.573 e. The molecule has 12 heteroatoms. The van der Waals surface area contributed by atoms with E-state index in [0.717, 1.165) is 12.3 Å². The number of rotatable bonds is 6. The van der Waals surface area contributed by atoms with Crippen LogP contribution in [0.5, 0.6) is 5.75 Å². The van der Waals surface area contributed by atoms with Crippen LogP contribution in [0.15, 0.2) is 53.7 Å².